The van der Waals surface area contributed by atoms with Gasteiger partial charge in [-0.05, 0) is 36.0 Å². The predicted molar refractivity (Wildman–Crippen MR) is 72.6 cm³/mol. The maximum absolute atomic E-state index is 5.80. The standard InChI is InChI=1S/C16H24O/c1-13(2)15-7-9-16(10-8-15)17-12-11-14-5-3-4-6-14/h7-10,13-14H,3-6,11-12H2,1-2H3. The largest absolute Gasteiger partial charge is 0.494 e. The first kappa shape index (κ1) is 12.5. The molecule has 0 bridgehead atoms. The Hall–Kier alpha value is -0.980. The molecule has 1 aromatic rings. The number of ether oxygens (including phenoxy) is 1. The Balaban J connectivity index is 1.74. The number of benzene rings is 1. The van der Waals surface area contributed by atoms with Crippen LogP contribution < -0.4 is 4.74 Å². The molecule has 2 rings (SSSR count). The van der Waals surface area contributed by atoms with Gasteiger partial charge < -0.3 is 4.74 Å². The fourth-order valence-corrected chi connectivity index (χ4v) is 2.59. The lowest BCUT2D eigenvalue weighted by Gasteiger charge is -2.11. The van der Waals surface area contributed by atoms with Crippen LogP contribution in [0.3, 0.4) is 0 Å². The fourth-order valence-electron chi connectivity index (χ4n) is 2.59. The molecule has 0 heterocycles. The second-order valence-electron chi connectivity index (χ2n) is 5.51. The van der Waals surface area contributed by atoms with Gasteiger partial charge in [-0.2, -0.15) is 0 Å². The van der Waals surface area contributed by atoms with Gasteiger partial charge in [0.25, 0.3) is 0 Å². The maximum atomic E-state index is 5.80. The molecule has 94 valence electrons. The summed E-state index contributed by atoms with van der Waals surface area (Å²) in [7, 11) is 0. The summed E-state index contributed by atoms with van der Waals surface area (Å²) in [5, 5.41) is 0. The van der Waals surface area contributed by atoms with Crippen LogP contribution in [-0.4, -0.2) is 6.61 Å². The molecule has 0 amide bonds. The van der Waals surface area contributed by atoms with Crippen LogP contribution in [0.15, 0.2) is 24.3 Å². The highest BCUT2D eigenvalue weighted by atomic mass is 16.5. The molecule has 1 aliphatic rings. The van der Waals surface area contributed by atoms with Crippen LogP contribution in [0.4, 0.5) is 0 Å². The quantitative estimate of drug-likeness (QED) is 0.710. The molecule has 0 atom stereocenters. The summed E-state index contributed by atoms with van der Waals surface area (Å²) in [6.07, 6.45) is 6.90. The molecule has 1 saturated carbocycles. The molecule has 1 heteroatoms. The van der Waals surface area contributed by atoms with Crippen molar-refractivity contribution < 1.29 is 4.74 Å². The number of rotatable bonds is 5. The minimum Gasteiger partial charge on any atom is -0.494 e. The molecule has 0 radical (unpaired) electrons. The molecule has 1 aromatic carbocycles. The van der Waals surface area contributed by atoms with E-state index >= 15 is 0 Å². The highest BCUT2D eigenvalue weighted by molar-refractivity contribution is 5.28. The summed E-state index contributed by atoms with van der Waals surface area (Å²) in [5.74, 6) is 2.54. The molecular formula is C16H24O. The Morgan fingerprint density at radius 1 is 1.12 bits per heavy atom. The van der Waals surface area contributed by atoms with Gasteiger partial charge in [0, 0.05) is 0 Å². The molecule has 1 nitrogen and oxygen atoms in total. The Morgan fingerprint density at radius 2 is 1.76 bits per heavy atom. The molecule has 1 aliphatic carbocycles. The third-order valence-electron chi connectivity index (χ3n) is 3.82. The zero-order valence-corrected chi connectivity index (χ0v) is 11.1. The van der Waals surface area contributed by atoms with Crippen molar-refractivity contribution in [3.05, 3.63) is 29.8 Å². The van der Waals surface area contributed by atoms with E-state index in [-0.39, 0.29) is 0 Å². The van der Waals surface area contributed by atoms with Gasteiger partial charge in [-0.25, -0.2) is 0 Å². The summed E-state index contributed by atoms with van der Waals surface area (Å²) in [6.45, 7) is 5.32. The lowest BCUT2D eigenvalue weighted by molar-refractivity contribution is 0.279. The zero-order chi connectivity index (χ0) is 12.1. The van der Waals surface area contributed by atoms with Gasteiger partial charge in [0.2, 0.25) is 0 Å². The fraction of sp³-hybridized carbons (Fsp3) is 0.625. The van der Waals surface area contributed by atoms with E-state index < -0.39 is 0 Å². The Kier molecular flexibility index (Phi) is 4.47. The van der Waals surface area contributed by atoms with Crippen molar-refractivity contribution in [3.8, 4) is 5.75 Å². The summed E-state index contributed by atoms with van der Waals surface area (Å²) in [6, 6.07) is 8.55. The molecule has 0 saturated heterocycles. The number of hydrogen-bond acceptors (Lipinski definition) is 1. The van der Waals surface area contributed by atoms with Crippen molar-refractivity contribution in [2.24, 2.45) is 5.92 Å². The highest BCUT2D eigenvalue weighted by Gasteiger charge is 2.14. The van der Waals surface area contributed by atoms with Crippen molar-refractivity contribution >= 4 is 0 Å². The minimum atomic E-state index is 0.600. The van der Waals surface area contributed by atoms with Crippen molar-refractivity contribution in [3.63, 3.8) is 0 Å². The molecule has 0 aromatic heterocycles. The van der Waals surface area contributed by atoms with E-state index in [0.717, 1.165) is 18.3 Å². The summed E-state index contributed by atoms with van der Waals surface area (Å²) < 4.78 is 5.80. The zero-order valence-electron chi connectivity index (χ0n) is 11.1. The number of hydrogen-bond donors (Lipinski definition) is 0. The van der Waals surface area contributed by atoms with Gasteiger partial charge in [-0.3, -0.25) is 0 Å². The first-order valence-corrected chi connectivity index (χ1v) is 6.98. The Morgan fingerprint density at radius 3 is 2.35 bits per heavy atom. The lowest BCUT2D eigenvalue weighted by Crippen LogP contribution is -2.03. The van der Waals surface area contributed by atoms with E-state index in [2.05, 4.69) is 38.1 Å². The van der Waals surface area contributed by atoms with Crippen LogP contribution in [0.2, 0.25) is 0 Å². The molecule has 1 fully saturated rings. The third kappa shape index (κ3) is 3.76. The van der Waals surface area contributed by atoms with Gasteiger partial charge in [-0.15, -0.1) is 0 Å². The van der Waals surface area contributed by atoms with Crippen LogP contribution in [0, 0.1) is 5.92 Å². The summed E-state index contributed by atoms with van der Waals surface area (Å²) >= 11 is 0. The van der Waals surface area contributed by atoms with E-state index in [1.54, 1.807) is 0 Å². The van der Waals surface area contributed by atoms with Gasteiger partial charge >= 0.3 is 0 Å². The first-order valence-electron chi connectivity index (χ1n) is 6.98. The molecule has 0 unspecified atom stereocenters. The molecule has 0 N–H and O–H groups in total. The lowest BCUT2D eigenvalue weighted by atomic mass is 10.0. The third-order valence-corrected chi connectivity index (χ3v) is 3.82. The van der Waals surface area contributed by atoms with Gasteiger partial charge in [-0.1, -0.05) is 51.7 Å². The molecule has 0 spiro atoms. The van der Waals surface area contributed by atoms with E-state index in [1.807, 2.05) is 0 Å². The average Bonchev–Trinajstić information content (AvgIpc) is 2.83. The van der Waals surface area contributed by atoms with Gasteiger partial charge in [0.1, 0.15) is 5.75 Å². The molecule has 17 heavy (non-hydrogen) atoms. The molecular weight excluding hydrogens is 208 g/mol. The molecule has 0 aliphatic heterocycles. The second-order valence-corrected chi connectivity index (χ2v) is 5.51. The monoisotopic (exact) mass is 232 g/mol. The van der Waals surface area contributed by atoms with Crippen molar-refractivity contribution in [2.75, 3.05) is 6.61 Å². The average molecular weight is 232 g/mol. The topological polar surface area (TPSA) is 9.23 Å². The van der Waals surface area contributed by atoms with E-state index in [9.17, 15) is 0 Å². The van der Waals surface area contributed by atoms with Crippen molar-refractivity contribution in [2.45, 2.75) is 51.9 Å². The van der Waals surface area contributed by atoms with Gasteiger partial charge in [0.15, 0.2) is 0 Å². The van der Waals surface area contributed by atoms with Gasteiger partial charge in [0.05, 0.1) is 6.61 Å². The van der Waals surface area contributed by atoms with E-state index in [4.69, 9.17) is 4.74 Å². The van der Waals surface area contributed by atoms with Crippen LogP contribution in [0.1, 0.15) is 57.4 Å². The predicted octanol–water partition coefficient (Wildman–Crippen LogP) is 4.77. The second kappa shape index (κ2) is 6.09. The van der Waals surface area contributed by atoms with Crippen LogP contribution in [0.5, 0.6) is 5.75 Å². The highest BCUT2D eigenvalue weighted by Crippen LogP contribution is 2.27. The van der Waals surface area contributed by atoms with Crippen LogP contribution in [-0.2, 0) is 0 Å². The van der Waals surface area contributed by atoms with Crippen molar-refractivity contribution in [1.29, 1.82) is 0 Å². The maximum Gasteiger partial charge on any atom is 0.119 e. The smallest absolute Gasteiger partial charge is 0.119 e. The van der Waals surface area contributed by atoms with Crippen LogP contribution >= 0.6 is 0 Å². The Labute approximate surface area is 105 Å². The van der Waals surface area contributed by atoms with E-state index in [0.29, 0.717) is 5.92 Å². The van der Waals surface area contributed by atoms with Crippen molar-refractivity contribution in [1.82, 2.24) is 0 Å². The van der Waals surface area contributed by atoms with Crippen LogP contribution in [0.25, 0.3) is 0 Å². The SMILES string of the molecule is CC(C)c1ccc(OCCC2CCCC2)cc1. The Bertz CT molecular complexity index is 320. The minimum absolute atomic E-state index is 0.600. The first-order chi connectivity index (χ1) is 8.25. The summed E-state index contributed by atoms with van der Waals surface area (Å²) in [4.78, 5) is 0. The normalized spacial score (nSPS) is 16.6. The van der Waals surface area contributed by atoms with E-state index in [1.165, 1.54) is 37.7 Å². The summed E-state index contributed by atoms with van der Waals surface area (Å²) in [5.41, 5.74) is 1.38.